The summed E-state index contributed by atoms with van der Waals surface area (Å²) in [6.45, 7) is 3.83. The van der Waals surface area contributed by atoms with E-state index in [9.17, 15) is 8.42 Å². The van der Waals surface area contributed by atoms with Crippen molar-refractivity contribution in [2.24, 2.45) is 0 Å². The van der Waals surface area contributed by atoms with Gasteiger partial charge in [0, 0.05) is 34.5 Å². The van der Waals surface area contributed by atoms with Crippen molar-refractivity contribution in [3.05, 3.63) is 114 Å². The Morgan fingerprint density at radius 1 is 0.725 bits per heavy atom. The SMILES string of the molecule is Cc1ccc(-c2nc3ccccc3nc2-c2cccc(-c3cc(CC(C)S(C)(=O)=O)cc4cccnc34)c2)cc1. The van der Waals surface area contributed by atoms with E-state index in [1.807, 2.05) is 48.5 Å². The van der Waals surface area contributed by atoms with Crippen molar-refractivity contribution in [1.29, 1.82) is 0 Å². The van der Waals surface area contributed by atoms with E-state index in [0.29, 0.717) is 6.42 Å². The van der Waals surface area contributed by atoms with Gasteiger partial charge in [0.1, 0.15) is 9.84 Å². The maximum atomic E-state index is 12.2. The van der Waals surface area contributed by atoms with Crippen molar-refractivity contribution < 1.29 is 8.42 Å². The molecule has 0 aliphatic heterocycles. The maximum absolute atomic E-state index is 12.2. The second-order valence-corrected chi connectivity index (χ2v) is 12.9. The van der Waals surface area contributed by atoms with Gasteiger partial charge in [-0.2, -0.15) is 0 Å². The van der Waals surface area contributed by atoms with Crippen LogP contribution in [0.4, 0.5) is 0 Å². The molecule has 0 N–H and O–H groups in total. The molecule has 6 aromatic rings. The number of hydrogen-bond donors (Lipinski definition) is 0. The van der Waals surface area contributed by atoms with E-state index < -0.39 is 15.1 Å². The molecule has 0 aliphatic rings. The van der Waals surface area contributed by atoms with Gasteiger partial charge in [-0.25, -0.2) is 18.4 Å². The molecule has 1 atom stereocenters. The van der Waals surface area contributed by atoms with Crippen LogP contribution in [0.3, 0.4) is 0 Å². The lowest BCUT2D eigenvalue weighted by molar-refractivity contribution is 0.588. The van der Waals surface area contributed by atoms with Gasteiger partial charge in [0.05, 0.1) is 33.2 Å². The number of benzene rings is 4. The molecule has 0 saturated heterocycles. The topological polar surface area (TPSA) is 72.8 Å². The van der Waals surface area contributed by atoms with E-state index in [-0.39, 0.29) is 0 Å². The third-order valence-corrected chi connectivity index (χ3v) is 8.99. The van der Waals surface area contributed by atoms with Gasteiger partial charge in [0.15, 0.2) is 0 Å². The third kappa shape index (κ3) is 5.10. The summed E-state index contributed by atoms with van der Waals surface area (Å²) < 4.78 is 24.4. The predicted molar refractivity (Wildman–Crippen MR) is 164 cm³/mol. The van der Waals surface area contributed by atoms with Crippen LogP contribution in [0.25, 0.3) is 55.6 Å². The molecule has 0 bridgehead atoms. The average Bonchev–Trinajstić information content (AvgIpc) is 2.96. The monoisotopic (exact) mass is 543 g/mol. The second-order valence-electron chi connectivity index (χ2n) is 10.4. The highest BCUT2D eigenvalue weighted by molar-refractivity contribution is 7.91. The van der Waals surface area contributed by atoms with Gasteiger partial charge in [-0.1, -0.05) is 66.2 Å². The Balaban J connectivity index is 1.53. The highest BCUT2D eigenvalue weighted by atomic mass is 32.2. The van der Waals surface area contributed by atoms with Gasteiger partial charge in [-0.15, -0.1) is 0 Å². The van der Waals surface area contributed by atoms with E-state index in [0.717, 1.165) is 61.1 Å². The minimum atomic E-state index is -3.16. The number of hydrogen-bond acceptors (Lipinski definition) is 5. The summed E-state index contributed by atoms with van der Waals surface area (Å²) in [5.41, 5.74) is 10.2. The van der Waals surface area contributed by atoms with E-state index in [2.05, 4.69) is 55.5 Å². The van der Waals surface area contributed by atoms with Crippen LogP contribution in [0, 0.1) is 6.92 Å². The molecule has 6 heteroatoms. The van der Waals surface area contributed by atoms with Crippen molar-refractivity contribution in [2.75, 3.05) is 6.26 Å². The zero-order chi connectivity index (χ0) is 27.9. The van der Waals surface area contributed by atoms with Gasteiger partial charge >= 0.3 is 0 Å². The Morgan fingerprint density at radius 2 is 1.40 bits per heavy atom. The number of pyridine rings is 1. The van der Waals surface area contributed by atoms with Gasteiger partial charge in [0.25, 0.3) is 0 Å². The standard InChI is InChI=1S/C34H29N3O2S/c1-22-13-15-25(16-14-22)33-34(37-31-12-5-4-11-30(31)36-33)28-9-6-8-26(21-28)29-20-24(18-23(2)40(3,38)39)19-27-10-7-17-35-32(27)29/h4-17,19-21,23H,18H2,1-3H3. The van der Waals surface area contributed by atoms with Crippen LogP contribution < -0.4 is 0 Å². The zero-order valence-electron chi connectivity index (χ0n) is 22.7. The number of sulfone groups is 1. The Kier molecular flexibility index (Phi) is 6.64. The molecule has 0 spiro atoms. The minimum Gasteiger partial charge on any atom is -0.256 e. The maximum Gasteiger partial charge on any atom is 0.150 e. The summed E-state index contributed by atoms with van der Waals surface area (Å²) >= 11 is 0. The van der Waals surface area contributed by atoms with Crippen LogP contribution in [0.5, 0.6) is 0 Å². The molecule has 2 aromatic heterocycles. The molecule has 5 nitrogen and oxygen atoms in total. The van der Waals surface area contributed by atoms with Crippen molar-refractivity contribution in [1.82, 2.24) is 15.0 Å². The molecule has 0 aliphatic carbocycles. The lowest BCUT2D eigenvalue weighted by Gasteiger charge is -2.15. The smallest absolute Gasteiger partial charge is 0.150 e. The summed E-state index contributed by atoms with van der Waals surface area (Å²) in [7, 11) is -3.16. The molecule has 0 radical (unpaired) electrons. The van der Waals surface area contributed by atoms with Gasteiger partial charge < -0.3 is 0 Å². The molecular weight excluding hydrogens is 514 g/mol. The Hall–Kier alpha value is -4.42. The number of nitrogens with zero attached hydrogens (tertiary/aromatic N) is 3. The van der Waals surface area contributed by atoms with Crippen molar-refractivity contribution in [3.8, 4) is 33.6 Å². The van der Waals surface area contributed by atoms with Crippen LogP contribution in [0.1, 0.15) is 18.1 Å². The molecular formula is C34H29N3O2S. The predicted octanol–water partition coefficient (Wildman–Crippen LogP) is 7.46. The summed E-state index contributed by atoms with van der Waals surface area (Å²) in [4.78, 5) is 14.8. The first-order valence-corrected chi connectivity index (χ1v) is 15.2. The molecule has 40 heavy (non-hydrogen) atoms. The fourth-order valence-electron chi connectivity index (χ4n) is 5.02. The summed E-state index contributed by atoms with van der Waals surface area (Å²) in [5.74, 6) is 0. The lowest BCUT2D eigenvalue weighted by atomic mass is 9.94. The van der Waals surface area contributed by atoms with Crippen LogP contribution >= 0.6 is 0 Å². The quantitative estimate of drug-likeness (QED) is 0.218. The Bertz CT molecular complexity index is 1980. The molecule has 4 aromatic carbocycles. The lowest BCUT2D eigenvalue weighted by Crippen LogP contribution is -2.18. The third-order valence-electron chi connectivity index (χ3n) is 7.36. The van der Waals surface area contributed by atoms with Crippen LogP contribution in [0.15, 0.2) is 103 Å². The number of aryl methyl sites for hydroxylation is 1. The Labute approximate surface area is 234 Å². The van der Waals surface area contributed by atoms with Gasteiger partial charge in [-0.3, -0.25) is 4.98 Å². The second kappa shape index (κ2) is 10.3. The molecule has 6 rings (SSSR count). The molecule has 0 amide bonds. The number of para-hydroxylation sites is 2. The molecule has 2 heterocycles. The molecule has 198 valence electrons. The normalized spacial score (nSPS) is 12.6. The van der Waals surface area contributed by atoms with Gasteiger partial charge in [0.2, 0.25) is 0 Å². The molecule has 1 unspecified atom stereocenters. The summed E-state index contributed by atoms with van der Waals surface area (Å²) in [6, 6.07) is 32.6. The fraction of sp³-hybridized carbons (Fsp3) is 0.147. The summed E-state index contributed by atoms with van der Waals surface area (Å²) in [6.07, 6.45) is 3.52. The highest BCUT2D eigenvalue weighted by Gasteiger charge is 2.18. The van der Waals surface area contributed by atoms with Crippen LogP contribution in [-0.4, -0.2) is 34.9 Å². The molecule has 0 fully saturated rings. The zero-order valence-corrected chi connectivity index (χ0v) is 23.5. The average molecular weight is 544 g/mol. The highest BCUT2D eigenvalue weighted by Crippen LogP contribution is 2.35. The van der Waals surface area contributed by atoms with Gasteiger partial charge in [-0.05, 0) is 67.8 Å². The van der Waals surface area contributed by atoms with E-state index in [4.69, 9.17) is 15.0 Å². The van der Waals surface area contributed by atoms with Crippen LogP contribution in [-0.2, 0) is 16.3 Å². The fourth-order valence-corrected chi connectivity index (χ4v) is 5.52. The van der Waals surface area contributed by atoms with Crippen molar-refractivity contribution in [2.45, 2.75) is 25.5 Å². The van der Waals surface area contributed by atoms with E-state index in [1.54, 1.807) is 13.1 Å². The number of rotatable bonds is 6. The molecule has 0 saturated carbocycles. The van der Waals surface area contributed by atoms with Crippen molar-refractivity contribution >= 4 is 31.8 Å². The first kappa shape index (κ1) is 25.8. The largest absolute Gasteiger partial charge is 0.256 e. The Morgan fingerprint density at radius 3 is 2.10 bits per heavy atom. The number of aromatic nitrogens is 3. The van der Waals surface area contributed by atoms with E-state index in [1.165, 1.54) is 11.8 Å². The first-order chi connectivity index (χ1) is 19.3. The van der Waals surface area contributed by atoms with E-state index >= 15 is 0 Å². The van der Waals surface area contributed by atoms with Crippen LogP contribution in [0.2, 0.25) is 0 Å². The summed E-state index contributed by atoms with van der Waals surface area (Å²) in [5, 5.41) is 0.498. The van der Waals surface area contributed by atoms with Crippen molar-refractivity contribution in [3.63, 3.8) is 0 Å². The number of fused-ring (bicyclic) bond motifs is 2. The minimum absolute atomic E-state index is 0.435. The first-order valence-electron chi connectivity index (χ1n) is 13.3.